The second-order valence-electron chi connectivity index (χ2n) is 5.19. The molecule has 20 heavy (non-hydrogen) atoms. The van der Waals surface area contributed by atoms with Gasteiger partial charge in [0.15, 0.2) is 0 Å². The van der Waals surface area contributed by atoms with Crippen LogP contribution in [0.15, 0.2) is 18.2 Å². The van der Waals surface area contributed by atoms with Gasteiger partial charge in [-0.2, -0.15) is 0 Å². The number of rotatable bonds is 4. The van der Waals surface area contributed by atoms with Gasteiger partial charge >= 0.3 is 0 Å². The van der Waals surface area contributed by atoms with E-state index in [0.29, 0.717) is 29.9 Å². The lowest BCUT2D eigenvalue weighted by atomic mass is 10.1. The van der Waals surface area contributed by atoms with E-state index in [1.165, 1.54) is 4.90 Å². The van der Waals surface area contributed by atoms with Crippen LogP contribution in [0.3, 0.4) is 0 Å². The van der Waals surface area contributed by atoms with Crippen LogP contribution in [0, 0.1) is 0 Å². The Morgan fingerprint density at radius 3 is 2.85 bits per heavy atom. The lowest BCUT2D eigenvalue weighted by Gasteiger charge is -2.18. The van der Waals surface area contributed by atoms with E-state index >= 15 is 0 Å². The van der Waals surface area contributed by atoms with E-state index in [1.54, 1.807) is 32.3 Å². The van der Waals surface area contributed by atoms with E-state index in [4.69, 9.17) is 5.73 Å². The maximum Gasteiger partial charge on any atom is 0.255 e. The maximum absolute atomic E-state index is 12.1. The number of nitrogens with one attached hydrogen (secondary N) is 2. The lowest BCUT2D eigenvalue weighted by Crippen LogP contribution is -2.32. The first-order valence-electron chi connectivity index (χ1n) is 6.62. The van der Waals surface area contributed by atoms with Crippen molar-refractivity contribution in [1.82, 2.24) is 10.2 Å². The fourth-order valence-electron chi connectivity index (χ4n) is 2.20. The maximum atomic E-state index is 12.1. The van der Waals surface area contributed by atoms with Crippen molar-refractivity contribution in [3.05, 3.63) is 23.8 Å². The highest BCUT2D eigenvalue weighted by atomic mass is 16.2. The van der Waals surface area contributed by atoms with Crippen LogP contribution in [0.5, 0.6) is 0 Å². The number of anilines is 2. The Bertz CT molecular complexity index is 528. The molecule has 2 amide bonds. The number of nitrogen functional groups attached to an aromatic ring is 1. The molecule has 1 aromatic rings. The molecule has 1 fully saturated rings. The van der Waals surface area contributed by atoms with Gasteiger partial charge in [0.1, 0.15) is 0 Å². The van der Waals surface area contributed by atoms with E-state index in [0.717, 1.165) is 6.42 Å². The van der Waals surface area contributed by atoms with Crippen molar-refractivity contribution in [2.24, 2.45) is 0 Å². The van der Waals surface area contributed by atoms with Crippen molar-refractivity contribution in [2.75, 3.05) is 31.7 Å². The first-order valence-corrected chi connectivity index (χ1v) is 6.62. The standard InChI is InChI=1S/C14H20N4O2/c1-18(2)14(20)11-5-3-9(15)7-12(11)16-8-10-4-6-13(19)17-10/h3,5,7,10,16H,4,6,8,15H2,1-2H3,(H,17,19). The molecule has 1 saturated heterocycles. The van der Waals surface area contributed by atoms with Crippen LogP contribution in [-0.4, -0.2) is 43.4 Å². The average molecular weight is 276 g/mol. The van der Waals surface area contributed by atoms with Crippen LogP contribution >= 0.6 is 0 Å². The minimum atomic E-state index is -0.0806. The fourth-order valence-corrected chi connectivity index (χ4v) is 2.20. The number of nitrogens with zero attached hydrogens (tertiary/aromatic N) is 1. The first kappa shape index (κ1) is 14.2. The van der Waals surface area contributed by atoms with Crippen LogP contribution in [0.1, 0.15) is 23.2 Å². The fraction of sp³-hybridized carbons (Fsp3) is 0.429. The summed E-state index contributed by atoms with van der Waals surface area (Å²) in [5.41, 5.74) is 7.65. The molecule has 0 aliphatic carbocycles. The predicted octanol–water partition coefficient (Wildman–Crippen LogP) is 0.661. The van der Waals surface area contributed by atoms with E-state index < -0.39 is 0 Å². The normalized spacial score (nSPS) is 17.7. The number of hydrogen-bond donors (Lipinski definition) is 3. The molecule has 0 bridgehead atoms. The van der Waals surface area contributed by atoms with Crippen LogP contribution in [-0.2, 0) is 4.79 Å². The van der Waals surface area contributed by atoms with Crippen molar-refractivity contribution in [2.45, 2.75) is 18.9 Å². The Morgan fingerprint density at radius 1 is 1.50 bits per heavy atom. The van der Waals surface area contributed by atoms with Gasteiger partial charge in [-0.1, -0.05) is 0 Å². The summed E-state index contributed by atoms with van der Waals surface area (Å²) < 4.78 is 0. The second kappa shape index (κ2) is 5.81. The van der Waals surface area contributed by atoms with Crippen molar-refractivity contribution in [1.29, 1.82) is 0 Å². The molecule has 1 heterocycles. The molecular weight excluding hydrogens is 256 g/mol. The summed E-state index contributed by atoms with van der Waals surface area (Å²) in [6.45, 7) is 0.586. The third-order valence-corrected chi connectivity index (χ3v) is 3.30. The SMILES string of the molecule is CN(C)C(=O)c1ccc(N)cc1NCC1CCC(=O)N1. The van der Waals surface area contributed by atoms with Crippen molar-refractivity contribution >= 4 is 23.2 Å². The summed E-state index contributed by atoms with van der Waals surface area (Å²) in [6, 6.07) is 5.27. The topological polar surface area (TPSA) is 87.5 Å². The van der Waals surface area contributed by atoms with Crippen molar-refractivity contribution < 1.29 is 9.59 Å². The van der Waals surface area contributed by atoms with E-state index in [-0.39, 0.29) is 17.9 Å². The van der Waals surface area contributed by atoms with E-state index in [9.17, 15) is 9.59 Å². The molecule has 4 N–H and O–H groups in total. The molecule has 108 valence electrons. The molecule has 1 aromatic carbocycles. The lowest BCUT2D eigenvalue weighted by molar-refractivity contribution is -0.119. The smallest absolute Gasteiger partial charge is 0.255 e. The summed E-state index contributed by atoms with van der Waals surface area (Å²) in [4.78, 5) is 24.8. The van der Waals surface area contributed by atoms with E-state index in [2.05, 4.69) is 10.6 Å². The molecule has 6 heteroatoms. The minimum absolute atomic E-state index is 0.0777. The van der Waals surface area contributed by atoms with Gasteiger partial charge in [-0.05, 0) is 24.6 Å². The molecule has 1 atom stereocenters. The molecule has 6 nitrogen and oxygen atoms in total. The van der Waals surface area contributed by atoms with Gasteiger partial charge in [-0.15, -0.1) is 0 Å². The average Bonchev–Trinajstić information content (AvgIpc) is 2.81. The van der Waals surface area contributed by atoms with Gasteiger partial charge in [-0.3, -0.25) is 9.59 Å². The molecule has 1 aliphatic rings. The highest BCUT2D eigenvalue weighted by Gasteiger charge is 2.21. The number of carbonyl (C=O) groups is 2. The molecule has 1 unspecified atom stereocenters. The molecule has 0 saturated carbocycles. The van der Waals surface area contributed by atoms with Crippen molar-refractivity contribution in [3.63, 3.8) is 0 Å². The van der Waals surface area contributed by atoms with Crippen LogP contribution in [0.25, 0.3) is 0 Å². The Hall–Kier alpha value is -2.24. The molecule has 0 spiro atoms. The molecule has 2 rings (SSSR count). The third kappa shape index (κ3) is 3.20. The number of amides is 2. The highest BCUT2D eigenvalue weighted by molar-refractivity contribution is 6.00. The summed E-state index contributed by atoms with van der Waals surface area (Å²) in [5, 5.41) is 6.09. The Balaban J connectivity index is 2.11. The monoisotopic (exact) mass is 276 g/mol. The Morgan fingerprint density at radius 2 is 2.25 bits per heavy atom. The third-order valence-electron chi connectivity index (χ3n) is 3.30. The minimum Gasteiger partial charge on any atom is -0.399 e. The highest BCUT2D eigenvalue weighted by Crippen LogP contribution is 2.21. The second-order valence-corrected chi connectivity index (χ2v) is 5.19. The number of nitrogens with two attached hydrogens (primary N) is 1. The summed E-state index contributed by atoms with van der Waals surface area (Å²) in [7, 11) is 3.42. The van der Waals surface area contributed by atoms with E-state index in [1.807, 2.05) is 0 Å². The van der Waals surface area contributed by atoms with Gasteiger partial charge in [0.2, 0.25) is 5.91 Å². The number of hydrogen-bond acceptors (Lipinski definition) is 4. The van der Waals surface area contributed by atoms with Crippen LogP contribution in [0.2, 0.25) is 0 Å². The van der Waals surface area contributed by atoms with Gasteiger partial charge in [0, 0.05) is 44.5 Å². The Kier molecular flexibility index (Phi) is 4.12. The quantitative estimate of drug-likeness (QED) is 0.705. The van der Waals surface area contributed by atoms with Gasteiger partial charge in [-0.25, -0.2) is 0 Å². The summed E-state index contributed by atoms with van der Waals surface area (Å²) in [5.74, 6) is -0.00285. The molecule has 0 radical (unpaired) electrons. The first-order chi connectivity index (χ1) is 9.47. The molecule has 0 aromatic heterocycles. The van der Waals surface area contributed by atoms with Crippen LogP contribution < -0.4 is 16.4 Å². The van der Waals surface area contributed by atoms with Crippen LogP contribution in [0.4, 0.5) is 11.4 Å². The Labute approximate surface area is 118 Å². The van der Waals surface area contributed by atoms with Crippen molar-refractivity contribution in [3.8, 4) is 0 Å². The zero-order valence-corrected chi connectivity index (χ0v) is 11.8. The molecule has 1 aliphatic heterocycles. The molecular formula is C14H20N4O2. The zero-order valence-electron chi connectivity index (χ0n) is 11.8. The van der Waals surface area contributed by atoms with Gasteiger partial charge in [0.25, 0.3) is 5.91 Å². The number of carbonyl (C=O) groups excluding carboxylic acids is 2. The summed E-state index contributed by atoms with van der Waals surface area (Å²) in [6.07, 6.45) is 1.37. The number of benzene rings is 1. The van der Waals surface area contributed by atoms with Gasteiger partial charge in [0.05, 0.1) is 5.56 Å². The zero-order chi connectivity index (χ0) is 14.7. The largest absolute Gasteiger partial charge is 0.399 e. The summed E-state index contributed by atoms with van der Waals surface area (Å²) >= 11 is 0. The predicted molar refractivity (Wildman–Crippen MR) is 78.5 cm³/mol. The van der Waals surface area contributed by atoms with Gasteiger partial charge < -0.3 is 21.3 Å².